The monoisotopic (exact) mass is 272 g/mol. The zero-order chi connectivity index (χ0) is 8.91. The molecule has 4 heteroatoms. The molecule has 0 fully saturated rings. The van der Waals surface area contributed by atoms with Gasteiger partial charge in [-0.2, -0.15) is 0 Å². The number of rotatable bonds is 5. The Kier molecular flexibility index (Phi) is 5.58. The van der Waals surface area contributed by atoms with Gasteiger partial charge in [0.2, 0.25) is 0 Å². The average Bonchev–Trinajstić information content (AvgIpc) is 1.85. The number of hydrogen-bond donors (Lipinski definition) is 1. The minimum Gasteiger partial charge on any atom is -0.364 e. The summed E-state index contributed by atoms with van der Waals surface area (Å²) in [7, 11) is 3.89. The highest BCUT2D eigenvalue weighted by Crippen LogP contribution is 2.17. The first-order valence-corrected chi connectivity index (χ1v) is 4.75. The maximum atomic E-state index is 5.51. The number of hydrogen-bond acceptors (Lipinski definition) is 3. The van der Waals surface area contributed by atoms with Crippen molar-refractivity contribution in [2.45, 2.75) is 17.5 Å². The van der Waals surface area contributed by atoms with Crippen LogP contribution in [-0.4, -0.2) is 35.9 Å². The van der Waals surface area contributed by atoms with Crippen LogP contribution < -0.4 is 5.43 Å². The molecule has 0 spiro atoms. The first kappa shape index (κ1) is 11.6. The normalized spacial score (nSPS) is 12.5. The van der Waals surface area contributed by atoms with Crippen LogP contribution in [-0.2, 0) is 4.74 Å². The molecule has 0 bridgehead atoms. The first-order valence-electron chi connectivity index (χ1n) is 3.67. The standard InChI is InChI=1S/C7H17IN2O/c1-7(2,8)11-6-5-10(4)9-3/h9H,5-6H2,1-4H3. The lowest BCUT2D eigenvalue weighted by atomic mass is 10.5. The molecule has 0 radical (unpaired) electrons. The predicted octanol–water partition coefficient (Wildman–Crippen LogP) is 1.24. The van der Waals surface area contributed by atoms with E-state index < -0.39 is 0 Å². The molecule has 0 saturated heterocycles. The average molecular weight is 272 g/mol. The van der Waals surface area contributed by atoms with E-state index in [-0.39, 0.29) is 3.61 Å². The second-order valence-electron chi connectivity index (χ2n) is 2.86. The number of halogens is 1. The highest BCUT2D eigenvalue weighted by molar-refractivity contribution is 14.1. The van der Waals surface area contributed by atoms with E-state index in [1.807, 2.05) is 33.0 Å². The fraction of sp³-hybridized carbons (Fsp3) is 1.00. The highest BCUT2D eigenvalue weighted by Gasteiger charge is 2.11. The molecule has 0 aliphatic rings. The number of nitrogens with zero attached hydrogens (tertiary/aromatic N) is 1. The minimum atomic E-state index is -0.0493. The fourth-order valence-electron chi connectivity index (χ4n) is 0.537. The molecule has 1 N–H and O–H groups in total. The third-order valence-electron chi connectivity index (χ3n) is 1.25. The summed E-state index contributed by atoms with van der Waals surface area (Å²) < 4.78 is 5.46. The van der Waals surface area contributed by atoms with E-state index in [1.54, 1.807) is 0 Å². The van der Waals surface area contributed by atoms with Crippen LogP contribution in [0.2, 0.25) is 0 Å². The molecule has 68 valence electrons. The van der Waals surface area contributed by atoms with Crippen molar-refractivity contribution in [1.82, 2.24) is 10.4 Å². The summed E-state index contributed by atoms with van der Waals surface area (Å²) in [4.78, 5) is 0. The van der Waals surface area contributed by atoms with Crippen molar-refractivity contribution in [2.75, 3.05) is 27.2 Å². The summed E-state index contributed by atoms with van der Waals surface area (Å²) >= 11 is 2.27. The van der Waals surface area contributed by atoms with Crippen LogP contribution in [0.15, 0.2) is 0 Å². The van der Waals surface area contributed by atoms with Crippen molar-refractivity contribution < 1.29 is 4.74 Å². The Bertz CT molecular complexity index is 103. The van der Waals surface area contributed by atoms with Gasteiger partial charge in [-0.15, -0.1) is 0 Å². The third kappa shape index (κ3) is 8.52. The van der Waals surface area contributed by atoms with Crippen LogP contribution in [0.4, 0.5) is 0 Å². The van der Waals surface area contributed by atoms with E-state index in [9.17, 15) is 0 Å². The van der Waals surface area contributed by atoms with Gasteiger partial charge in [-0.3, -0.25) is 5.43 Å². The van der Waals surface area contributed by atoms with Gasteiger partial charge in [-0.05, 0) is 43.5 Å². The number of ether oxygens (including phenoxy) is 1. The Morgan fingerprint density at radius 1 is 1.55 bits per heavy atom. The van der Waals surface area contributed by atoms with Crippen LogP contribution in [0.25, 0.3) is 0 Å². The van der Waals surface area contributed by atoms with Gasteiger partial charge in [0.15, 0.2) is 0 Å². The third-order valence-corrected chi connectivity index (χ3v) is 1.57. The molecule has 0 amide bonds. The Hall–Kier alpha value is 0.610. The maximum Gasteiger partial charge on any atom is 0.113 e. The lowest BCUT2D eigenvalue weighted by Crippen LogP contribution is -2.35. The number of nitrogens with one attached hydrogen (secondary N) is 1. The smallest absolute Gasteiger partial charge is 0.113 e. The van der Waals surface area contributed by atoms with Crippen molar-refractivity contribution in [1.29, 1.82) is 0 Å². The minimum absolute atomic E-state index is 0.0493. The number of alkyl halides is 1. The molecule has 11 heavy (non-hydrogen) atoms. The van der Waals surface area contributed by atoms with Gasteiger partial charge in [-0.25, -0.2) is 5.01 Å². The van der Waals surface area contributed by atoms with Crippen LogP contribution in [0.1, 0.15) is 13.8 Å². The molecule has 0 atom stereocenters. The van der Waals surface area contributed by atoms with Crippen LogP contribution >= 0.6 is 22.6 Å². The zero-order valence-corrected chi connectivity index (χ0v) is 9.81. The molecule has 0 heterocycles. The molecule has 0 aromatic rings. The molecule has 0 aromatic heterocycles. The second kappa shape index (κ2) is 5.29. The lowest BCUT2D eigenvalue weighted by molar-refractivity contribution is 0.0454. The van der Waals surface area contributed by atoms with Crippen molar-refractivity contribution in [3.05, 3.63) is 0 Å². The Morgan fingerprint density at radius 2 is 2.09 bits per heavy atom. The Morgan fingerprint density at radius 3 is 2.45 bits per heavy atom. The topological polar surface area (TPSA) is 24.5 Å². The van der Waals surface area contributed by atoms with Gasteiger partial charge in [-0.1, -0.05) is 0 Å². The SMILES string of the molecule is CNN(C)CCOC(C)(C)I. The van der Waals surface area contributed by atoms with E-state index >= 15 is 0 Å². The summed E-state index contributed by atoms with van der Waals surface area (Å²) in [6.07, 6.45) is 0. The molecule has 0 saturated carbocycles. The van der Waals surface area contributed by atoms with Crippen molar-refractivity contribution in [3.8, 4) is 0 Å². The van der Waals surface area contributed by atoms with Gasteiger partial charge in [0.25, 0.3) is 0 Å². The molecule has 0 aliphatic carbocycles. The van der Waals surface area contributed by atoms with Gasteiger partial charge < -0.3 is 4.74 Å². The summed E-state index contributed by atoms with van der Waals surface area (Å²) in [5.74, 6) is 0. The van der Waals surface area contributed by atoms with Gasteiger partial charge in [0, 0.05) is 13.6 Å². The van der Waals surface area contributed by atoms with E-state index in [1.165, 1.54) is 0 Å². The van der Waals surface area contributed by atoms with Crippen molar-refractivity contribution in [3.63, 3.8) is 0 Å². The predicted molar refractivity (Wildman–Crippen MR) is 55.7 cm³/mol. The molecule has 0 unspecified atom stereocenters. The van der Waals surface area contributed by atoms with E-state index in [0.29, 0.717) is 0 Å². The van der Waals surface area contributed by atoms with E-state index in [4.69, 9.17) is 4.74 Å². The highest BCUT2D eigenvalue weighted by atomic mass is 127. The van der Waals surface area contributed by atoms with Crippen LogP contribution in [0.3, 0.4) is 0 Å². The first-order chi connectivity index (χ1) is 4.95. The number of hydrazine groups is 1. The molecule has 0 rings (SSSR count). The van der Waals surface area contributed by atoms with Crippen LogP contribution in [0.5, 0.6) is 0 Å². The molecule has 3 nitrogen and oxygen atoms in total. The molecular formula is C7H17IN2O. The molecule has 0 aliphatic heterocycles. The van der Waals surface area contributed by atoms with Gasteiger partial charge in [0.1, 0.15) is 3.61 Å². The van der Waals surface area contributed by atoms with Gasteiger partial charge >= 0.3 is 0 Å². The summed E-state index contributed by atoms with van der Waals surface area (Å²) in [6, 6.07) is 0. The molecule has 0 aromatic carbocycles. The largest absolute Gasteiger partial charge is 0.364 e. The zero-order valence-electron chi connectivity index (χ0n) is 7.65. The summed E-state index contributed by atoms with van der Waals surface area (Å²) in [5.41, 5.74) is 3.00. The second-order valence-corrected chi connectivity index (χ2v) is 5.45. The summed E-state index contributed by atoms with van der Waals surface area (Å²) in [5, 5.41) is 1.99. The molecular weight excluding hydrogens is 255 g/mol. The van der Waals surface area contributed by atoms with Gasteiger partial charge in [0.05, 0.1) is 6.61 Å². The van der Waals surface area contributed by atoms with E-state index in [2.05, 4.69) is 28.0 Å². The fourth-order valence-corrected chi connectivity index (χ4v) is 0.757. The summed E-state index contributed by atoms with van der Waals surface area (Å²) in [6.45, 7) is 5.76. The van der Waals surface area contributed by atoms with E-state index in [0.717, 1.165) is 13.2 Å². The lowest BCUT2D eigenvalue weighted by Gasteiger charge is -2.20. The quantitative estimate of drug-likeness (QED) is 0.463. The maximum absolute atomic E-state index is 5.51. The number of likely N-dealkylation sites (N-methyl/N-ethyl adjacent to an activating group) is 1. The van der Waals surface area contributed by atoms with Crippen LogP contribution in [0, 0.1) is 0 Å². The Balaban J connectivity index is 3.28. The Labute approximate surface area is 82.6 Å². The van der Waals surface area contributed by atoms with Crippen molar-refractivity contribution in [2.24, 2.45) is 0 Å². The van der Waals surface area contributed by atoms with Crippen molar-refractivity contribution >= 4 is 22.6 Å².